The predicted octanol–water partition coefficient (Wildman–Crippen LogP) is 2.51. The molecule has 0 radical (unpaired) electrons. The molecule has 1 fully saturated rings. The number of piperazine rings is 1. The van der Waals surface area contributed by atoms with Gasteiger partial charge in [0, 0.05) is 44.1 Å². The molecule has 0 bridgehead atoms. The molecule has 1 aliphatic heterocycles. The van der Waals surface area contributed by atoms with Gasteiger partial charge in [-0.25, -0.2) is 9.97 Å². The molecule has 1 amide bonds. The molecule has 162 valence electrons. The van der Waals surface area contributed by atoms with Crippen LogP contribution >= 0.6 is 0 Å². The third-order valence-corrected chi connectivity index (χ3v) is 5.62. The van der Waals surface area contributed by atoms with Crippen molar-refractivity contribution in [2.24, 2.45) is 0 Å². The number of hydrogen-bond donors (Lipinski definition) is 1. The molecule has 2 heterocycles. The molecule has 1 N–H and O–H groups in total. The summed E-state index contributed by atoms with van der Waals surface area (Å²) in [7, 11) is 0. The summed E-state index contributed by atoms with van der Waals surface area (Å²) < 4.78 is 5.85. The van der Waals surface area contributed by atoms with Gasteiger partial charge in [-0.1, -0.05) is 18.2 Å². The molecule has 7 nitrogen and oxygen atoms in total. The maximum absolute atomic E-state index is 12.0. The van der Waals surface area contributed by atoms with E-state index in [9.17, 15) is 9.90 Å². The zero-order valence-corrected chi connectivity index (χ0v) is 18.0. The molecule has 4 rings (SSSR count). The number of aliphatic hydroxyl groups excluding tert-OH is 1. The first-order valence-electron chi connectivity index (χ1n) is 10.7. The van der Waals surface area contributed by atoms with E-state index in [2.05, 4.69) is 28.2 Å². The van der Waals surface area contributed by atoms with Crippen molar-refractivity contribution in [3.05, 3.63) is 54.6 Å². The molecular weight excluding hydrogens is 392 g/mol. The third kappa shape index (κ3) is 5.18. The molecule has 1 atom stereocenters. The molecule has 7 heteroatoms. The fraction of sp³-hybridized carbons (Fsp3) is 0.375. The fourth-order valence-corrected chi connectivity index (χ4v) is 3.83. The lowest BCUT2D eigenvalue weighted by Gasteiger charge is -2.34. The van der Waals surface area contributed by atoms with Crippen molar-refractivity contribution in [3.8, 4) is 16.9 Å². The number of ether oxygens (including phenoxy) is 1. The van der Waals surface area contributed by atoms with E-state index in [1.54, 1.807) is 0 Å². The summed E-state index contributed by atoms with van der Waals surface area (Å²) in [6.07, 6.45) is 2.99. The van der Waals surface area contributed by atoms with E-state index < -0.39 is 6.10 Å². The second kappa shape index (κ2) is 9.41. The number of carbonyl (C=O) groups is 1. The van der Waals surface area contributed by atoms with Gasteiger partial charge in [0.05, 0.1) is 6.54 Å². The van der Waals surface area contributed by atoms with Gasteiger partial charge in [-0.2, -0.15) is 0 Å². The SMILES string of the molecule is CCN1CCN(CC(O)COc2ccc3ccc(-c4cnc(C)nc4)cc3c2)CC1=O. The summed E-state index contributed by atoms with van der Waals surface area (Å²) in [6, 6.07) is 12.1. The van der Waals surface area contributed by atoms with Crippen molar-refractivity contribution in [1.82, 2.24) is 19.8 Å². The second-order valence-corrected chi connectivity index (χ2v) is 7.92. The lowest BCUT2D eigenvalue weighted by Crippen LogP contribution is -2.52. The largest absolute Gasteiger partial charge is 0.491 e. The van der Waals surface area contributed by atoms with Crippen LogP contribution in [0, 0.1) is 6.92 Å². The Balaban J connectivity index is 1.38. The van der Waals surface area contributed by atoms with Gasteiger partial charge in [-0.05, 0) is 48.4 Å². The number of aliphatic hydroxyl groups is 1. The average molecular weight is 421 g/mol. The van der Waals surface area contributed by atoms with Crippen molar-refractivity contribution < 1.29 is 14.6 Å². The summed E-state index contributed by atoms with van der Waals surface area (Å²) in [4.78, 5) is 24.4. The Morgan fingerprint density at radius 1 is 1.06 bits per heavy atom. The van der Waals surface area contributed by atoms with E-state index in [0.29, 0.717) is 25.4 Å². The van der Waals surface area contributed by atoms with E-state index in [1.807, 2.05) is 54.2 Å². The number of fused-ring (bicyclic) bond motifs is 1. The topological polar surface area (TPSA) is 78.8 Å². The Kier molecular flexibility index (Phi) is 6.44. The van der Waals surface area contributed by atoms with Crippen LogP contribution in [0.2, 0.25) is 0 Å². The molecule has 3 aromatic rings. The number of benzene rings is 2. The number of rotatable bonds is 7. The maximum atomic E-state index is 12.0. The normalized spacial score (nSPS) is 16.0. The first kappa shape index (κ1) is 21.2. The first-order chi connectivity index (χ1) is 15.0. The van der Waals surface area contributed by atoms with Crippen LogP contribution in [-0.4, -0.2) is 76.2 Å². The van der Waals surface area contributed by atoms with E-state index in [0.717, 1.165) is 40.8 Å². The lowest BCUT2D eigenvalue weighted by atomic mass is 10.0. The Labute approximate surface area is 182 Å². The van der Waals surface area contributed by atoms with Crippen molar-refractivity contribution in [1.29, 1.82) is 0 Å². The zero-order valence-electron chi connectivity index (χ0n) is 18.0. The van der Waals surface area contributed by atoms with Crippen LogP contribution in [0.25, 0.3) is 21.9 Å². The minimum Gasteiger partial charge on any atom is -0.491 e. The lowest BCUT2D eigenvalue weighted by molar-refractivity contribution is -0.136. The van der Waals surface area contributed by atoms with Gasteiger partial charge >= 0.3 is 0 Å². The molecular formula is C24H28N4O3. The quantitative estimate of drug-likeness (QED) is 0.633. The van der Waals surface area contributed by atoms with Crippen LogP contribution in [0.1, 0.15) is 12.7 Å². The van der Waals surface area contributed by atoms with Crippen molar-refractivity contribution in [3.63, 3.8) is 0 Å². The first-order valence-corrected chi connectivity index (χ1v) is 10.7. The molecule has 1 aliphatic rings. The van der Waals surface area contributed by atoms with E-state index in [-0.39, 0.29) is 12.5 Å². The molecule has 1 unspecified atom stereocenters. The van der Waals surface area contributed by atoms with Gasteiger partial charge in [-0.15, -0.1) is 0 Å². The molecule has 0 saturated carbocycles. The maximum Gasteiger partial charge on any atom is 0.236 e. The molecule has 0 aliphatic carbocycles. The molecule has 0 spiro atoms. The van der Waals surface area contributed by atoms with Crippen LogP contribution in [0.15, 0.2) is 48.8 Å². The van der Waals surface area contributed by atoms with Gasteiger partial charge in [-0.3, -0.25) is 9.69 Å². The smallest absolute Gasteiger partial charge is 0.236 e. The Bertz CT molecular complexity index is 1050. The summed E-state index contributed by atoms with van der Waals surface area (Å²) in [5, 5.41) is 12.6. The van der Waals surface area contributed by atoms with Gasteiger partial charge < -0.3 is 14.7 Å². The van der Waals surface area contributed by atoms with E-state index in [1.165, 1.54) is 0 Å². The van der Waals surface area contributed by atoms with Crippen molar-refractivity contribution in [2.45, 2.75) is 20.0 Å². The van der Waals surface area contributed by atoms with Gasteiger partial charge in [0.25, 0.3) is 0 Å². The summed E-state index contributed by atoms with van der Waals surface area (Å²) in [6.45, 7) is 7.03. The van der Waals surface area contributed by atoms with Crippen LogP contribution in [0.3, 0.4) is 0 Å². The van der Waals surface area contributed by atoms with E-state index in [4.69, 9.17) is 4.74 Å². The highest BCUT2D eigenvalue weighted by Gasteiger charge is 2.24. The summed E-state index contributed by atoms with van der Waals surface area (Å²) >= 11 is 0. The Hall–Kier alpha value is -3.03. The minimum absolute atomic E-state index is 0.117. The zero-order chi connectivity index (χ0) is 21.8. The third-order valence-electron chi connectivity index (χ3n) is 5.62. The number of carbonyl (C=O) groups excluding carboxylic acids is 1. The molecule has 1 aromatic heterocycles. The van der Waals surface area contributed by atoms with Crippen molar-refractivity contribution in [2.75, 3.05) is 39.3 Å². The fourth-order valence-electron chi connectivity index (χ4n) is 3.83. The number of hydrogen-bond acceptors (Lipinski definition) is 6. The number of aryl methyl sites for hydroxylation is 1. The number of likely N-dealkylation sites (N-methyl/N-ethyl adjacent to an activating group) is 1. The highest BCUT2D eigenvalue weighted by atomic mass is 16.5. The minimum atomic E-state index is -0.660. The standard InChI is InChI=1S/C24H28N4O3/c1-3-28-9-8-27(15-24(28)30)14-22(29)16-31-23-7-6-18-4-5-19(10-20(18)11-23)21-12-25-17(2)26-13-21/h4-7,10-13,22,29H,3,8-9,14-16H2,1-2H3. The molecule has 31 heavy (non-hydrogen) atoms. The van der Waals surface area contributed by atoms with Crippen LogP contribution in [0.5, 0.6) is 5.75 Å². The highest BCUT2D eigenvalue weighted by molar-refractivity contribution is 5.88. The monoisotopic (exact) mass is 420 g/mol. The van der Waals surface area contributed by atoms with Gasteiger partial charge in [0.15, 0.2) is 0 Å². The Morgan fingerprint density at radius 2 is 1.84 bits per heavy atom. The summed E-state index contributed by atoms with van der Waals surface area (Å²) in [5.41, 5.74) is 2.01. The number of amides is 1. The number of nitrogens with zero attached hydrogens (tertiary/aromatic N) is 4. The Morgan fingerprint density at radius 3 is 2.58 bits per heavy atom. The predicted molar refractivity (Wildman–Crippen MR) is 120 cm³/mol. The van der Waals surface area contributed by atoms with Crippen LogP contribution in [0.4, 0.5) is 0 Å². The van der Waals surface area contributed by atoms with Gasteiger partial charge in [0.2, 0.25) is 5.91 Å². The summed E-state index contributed by atoms with van der Waals surface area (Å²) in [5.74, 6) is 1.57. The average Bonchev–Trinajstić information content (AvgIpc) is 2.78. The van der Waals surface area contributed by atoms with Crippen LogP contribution in [-0.2, 0) is 4.79 Å². The van der Waals surface area contributed by atoms with Gasteiger partial charge in [0.1, 0.15) is 24.3 Å². The van der Waals surface area contributed by atoms with E-state index >= 15 is 0 Å². The number of β-amino-alcohol motifs (C(OH)–C–C–N with tert-alkyl or cyclic N) is 1. The molecule has 2 aromatic carbocycles. The molecule has 1 saturated heterocycles. The van der Waals surface area contributed by atoms with Crippen molar-refractivity contribution >= 4 is 16.7 Å². The van der Waals surface area contributed by atoms with Crippen LogP contribution < -0.4 is 4.74 Å². The number of aromatic nitrogens is 2. The highest BCUT2D eigenvalue weighted by Crippen LogP contribution is 2.26. The second-order valence-electron chi connectivity index (χ2n) is 7.92.